The van der Waals surface area contributed by atoms with Gasteiger partial charge in [-0.1, -0.05) is 13.8 Å². The van der Waals surface area contributed by atoms with Gasteiger partial charge in [0.15, 0.2) is 0 Å². The Hall–Kier alpha value is -3.00. The number of aryl methyl sites for hydroxylation is 2. The van der Waals surface area contributed by atoms with E-state index in [-0.39, 0.29) is 17.7 Å². The Morgan fingerprint density at radius 2 is 1.64 bits per heavy atom. The fraction of sp³-hybridized carbons (Fsp3) is 0.520. The van der Waals surface area contributed by atoms with Gasteiger partial charge in [-0.15, -0.1) is 0 Å². The first-order valence-corrected chi connectivity index (χ1v) is 11.9. The maximum atomic E-state index is 12.8. The molecule has 0 atom stereocenters. The van der Waals surface area contributed by atoms with Crippen LogP contribution in [-0.4, -0.2) is 66.0 Å². The van der Waals surface area contributed by atoms with Gasteiger partial charge in [0, 0.05) is 54.7 Å². The first-order valence-electron chi connectivity index (χ1n) is 11.9. The van der Waals surface area contributed by atoms with E-state index in [1.54, 1.807) is 24.3 Å². The monoisotopic (exact) mass is 452 g/mol. The summed E-state index contributed by atoms with van der Waals surface area (Å²) in [6.45, 7) is 13.1. The molecule has 2 amide bonds. The number of anilines is 2. The van der Waals surface area contributed by atoms with E-state index < -0.39 is 0 Å². The van der Waals surface area contributed by atoms with Gasteiger partial charge >= 0.3 is 0 Å². The van der Waals surface area contributed by atoms with Gasteiger partial charge in [-0.2, -0.15) is 0 Å². The smallest absolute Gasteiger partial charge is 0.251 e. The molecule has 1 aliphatic rings. The minimum Gasteiger partial charge on any atom is -0.351 e. The van der Waals surface area contributed by atoms with Gasteiger partial charge in [0.2, 0.25) is 11.9 Å². The number of carbonyl (C=O) groups is 2. The number of hydrogen-bond acceptors (Lipinski definition) is 6. The molecule has 33 heavy (non-hydrogen) atoms. The number of aromatic nitrogens is 2. The number of amides is 2. The zero-order chi connectivity index (χ0) is 23.8. The lowest BCUT2D eigenvalue weighted by Crippen LogP contribution is -2.39. The second-order valence-electron chi connectivity index (χ2n) is 8.56. The lowest BCUT2D eigenvalue weighted by molar-refractivity contribution is -0.120. The molecule has 0 aliphatic carbocycles. The van der Waals surface area contributed by atoms with E-state index in [0.29, 0.717) is 17.8 Å². The molecule has 1 aliphatic heterocycles. The average molecular weight is 453 g/mol. The van der Waals surface area contributed by atoms with E-state index in [9.17, 15) is 9.59 Å². The molecule has 1 aromatic carbocycles. The number of rotatable bonds is 9. The highest BCUT2D eigenvalue weighted by molar-refractivity contribution is 5.96. The Bertz CT molecular complexity index is 914. The van der Waals surface area contributed by atoms with Crippen LogP contribution in [0.3, 0.4) is 0 Å². The summed E-state index contributed by atoms with van der Waals surface area (Å²) in [5.74, 6) is 0.626. The molecule has 178 valence electrons. The molecule has 2 N–H and O–H groups in total. The zero-order valence-electron chi connectivity index (χ0n) is 20.2. The molecule has 1 saturated heterocycles. The molecule has 0 spiro atoms. The van der Waals surface area contributed by atoms with Gasteiger partial charge in [0.1, 0.15) is 0 Å². The first-order chi connectivity index (χ1) is 15.9. The van der Waals surface area contributed by atoms with Crippen molar-refractivity contribution in [3.8, 4) is 0 Å². The van der Waals surface area contributed by atoms with E-state index in [0.717, 1.165) is 62.9 Å². The van der Waals surface area contributed by atoms with Crippen LogP contribution < -0.4 is 15.5 Å². The Morgan fingerprint density at radius 3 is 2.21 bits per heavy atom. The summed E-state index contributed by atoms with van der Waals surface area (Å²) in [4.78, 5) is 38.6. The fourth-order valence-corrected chi connectivity index (χ4v) is 4.11. The van der Waals surface area contributed by atoms with Crippen LogP contribution >= 0.6 is 0 Å². The second kappa shape index (κ2) is 11.7. The van der Waals surface area contributed by atoms with Crippen LogP contribution in [0.2, 0.25) is 0 Å². The van der Waals surface area contributed by atoms with Crippen molar-refractivity contribution in [2.24, 2.45) is 5.92 Å². The Kier molecular flexibility index (Phi) is 8.77. The molecule has 0 saturated carbocycles. The number of hydrogen-bond donors (Lipinski definition) is 2. The fourth-order valence-electron chi connectivity index (χ4n) is 4.11. The molecule has 0 unspecified atom stereocenters. The predicted molar refractivity (Wildman–Crippen MR) is 132 cm³/mol. The van der Waals surface area contributed by atoms with Crippen molar-refractivity contribution < 1.29 is 9.59 Å². The lowest BCUT2D eigenvalue weighted by Gasteiger charge is -2.31. The molecule has 1 aromatic heterocycles. The van der Waals surface area contributed by atoms with E-state index >= 15 is 0 Å². The number of piperidine rings is 1. The van der Waals surface area contributed by atoms with Crippen LogP contribution in [0.5, 0.6) is 0 Å². The molecule has 2 aromatic rings. The van der Waals surface area contributed by atoms with Crippen molar-refractivity contribution in [2.75, 3.05) is 49.5 Å². The molecule has 0 bridgehead atoms. The Morgan fingerprint density at radius 1 is 1.03 bits per heavy atom. The topological polar surface area (TPSA) is 90.5 Å². The van der Waals surface area contributed by atoms with Crippen LogP contribution in [0, 0.1) is 19.8 Å². The van der Waals surface area contributed by atoms with Crippen LogP contribution in [0.1, 0.15) is 48.4 Å². The van der Waals surface area contributed by atoms with E-state index in [1.807, 2.05) is 19.9 Å². The highest BCUT2D eigenvalue weighted by Gasteiger charge is 2.26. The van der Waals surface area contributed by atoms with Gasteiger partial charge in [-0.25, -0.2) is 9.97 Å². The highest BCUT2D eigenvalue weighted by atomic mass is 16.2. The molecular weight excluding hydrogens is 416 g/mol. The normalized spacial score (nSPS) is 14.4. The van der Waals surface area contributed by atoms with E-state index in [1.165, 1.54) is 0 Å². The van der Waals surface area contributed by atoms with Crippen LogP contribution in [0.4, 0.5) is 11.6 Å². The minimum absolute atomic E-state index is 0.0208. The summed E-state index contributed by atoms with van der Waals surface area (Å²) in [5, 5.41) is 5.95. The standard InChI is InChI=1S/C25H36N6O2/c1-5-30(6-2)16-13-26-23(32)20-7-9-22(10-8-20)29-24(33)21-11-14-31(15-12-21)25-27-18(3)17-19(4)28-25/h7-10,17,21H,5-6,11-16H2,1-4H3,(H,26,32)(H,29,33). The van der Waals surface area contributed by atoms with Crippen LogP contribution in [-0.2, 0) is 4.79 Å². The van der Waals surface area contributed by atoms with Gasteiger partial charge < -0.3 is 20.4 Å². The van der Waals surface area contributed by atoms with E-state index in [2.05, 4.69) is 44.2 Å². The van der Waals surface area contributed by atoms with Crippen molar-refractivity contribution >= 4 is 23.5 Å². The van der Waals surface area contributed by atoms with Gasteiger partial charge in [-0.3, -0.25) is 9.59 Å². The molecule has 8 nitrogen and oxygen atoms in total. The summed E-state index contributed by atoms with van der Waals surface area (Å²) in [7, 11) is 0. The molecule has 2 heterocycles. The number of carbonyl (C=O) groups excluding carboxylic acids is 2. The molecule has 3 rings (SSSR count). The third-order valence-electron chi connectivity index (χ3n) is 6.14. The SMILES string of the molecule is CCN(CC)CCNC(=O)c1ccc(NC(=O)C2CCN(c3nc(C)cc(C)n3)CC2)cc1. The highest BCUT2D eigenvalue weighted by Crippen LogP contribution is 2.23. The third kappa shape index (κ3) is 6.99. The molecule has 8 heteroatoms. The lowest BCUT2D eigenvalue weighted by atomic mass is 9.96. The summed E-state index contributed by atoms with van der Waals surface area (Å²) in [5.41, 5.74) is 3.21. The number of likely N-dealkylation sites (N-methyl/N-ethyl adjacent to an activating group) is 1. The summed E-state index contributed by atoms with van der Waals surface area (Å²) < 4.78 is 0. The van der Waals surface area contributed by atoms with Crippen molar-refractivity contribution in [2.45, 2.75) is 40.5 Å². The van der Waals surface area contributed by atoms with Gasteiger partial charge in [-0.05, 0) is 70.1 Å². The van der Waals surface area contributed by atoms with Gasteiger partial charge in [0.05, 0.1) is 0 Å². The number of benzene rings is 1. The summed E-state index contributed by atoms with van der Waals surface area (Å²) in [6, 6.07) is 9.04. The second-order valence-corrected chi connectivity index (χ2v) is 8.56. The van der Waals surface area contributed by atoms with Crippen LogP contribution in [0.25, 0.3) is 0 Å². The predicted octanol–water partition coefficient (Wildman–Crippen LogP) is 3.02. The quantitative estimate of drug-likeness (QED) is 0.608. The maximum absolute atomic E-state index is 12.8. The van der Waals surface area contributed by atoms with Crippen molar-refractivity contribution in [3.63, 3.8) is 0 Å². The average Bonchev–Trinajstić information content (AvgIpc) is 2.81. The largest absolute Gasteiger partial charge is 0.351 e. The van der Waals surface area contributed by atoms with Gasteiger partial charge in [0.25, 0.3) is 5.91 Å². The van der Waals surface area contributed by atoms with Crippen molar-refractivity contribution in [1.82, 2.24) is 20.2 Å². The Balaban J connectivity index is 1.46. The number of nitrogens with zero attached hydrogens (tertiary/aromatic N) is 4. The molecule has 0 radical (unpaired) electrons. The molecular formula is C25H36N6O2. The van der Waals surface area contributed by atoms with Crippen molar-refractivity contribution in [3.05, 3.63) is 47.3 Å². The van der Waals surface area contributed by atoms with E-state index in [4.69, 9.17) is 0 Å². The minimum atomic E-state index is -0.0963. The zero-order valence-corrected chi connectivity index (χ0v) is 20.2. The molecule has 1 fully saturated rings. The summed E-state index contributed by atoms with van der Waals surface area (Å²) >= 11 is 0. The maximum Gasteiger partial charge on any atom is 0.251 e. The number of nitrogens with one attached hydrogen (secondary N) is 2. The van der Waals surface area contributed by atoms with Crippen LogP contribution in [0.15, 0.2) is 30.3 Å². The van der Waals surface area contributed by atoms with Crippen molar-refractivity contribution in [1.29, 1.82) is 0 Å². The Labute approximate surface area is 196 Å². The first kappa shape index (κ1) is 24.6. The third-order valence-corrected chi connectivity index (χ3v) is 6.14. The summed E-state index contributed by atoms with van der Waals surface area (Å²) in [6.07, 6.45) is 1.52.